The first-order valence-corrected chi connectivity index (χ1v) is 9.50. The lowest BCUT2D eigenvalue weighted by Gasteiger charge is -2.13. The van der Waals surface area contributed by atoms with E-state index in [0.717, 1.165) is 27.8 Å². The van der Waals surface area contributed by atoms with Gasteiger partial charge in [-0.05, 0) is 48.2 Å². The number of carbonyl (C=O) groups is 1. The van der Waals surface area contributed by atoms with Crippen LogP contribution < -0.4 is 0 Å². The Bertz CT molecular complexity index is 1110. The smallest absolute Gasteiger partial charge is 0.193 e. The molecule has 0 spiro atoms. The summed E-state index contributed by atoms with van der Waals surface area (Å²) in [4.78, 5) is 13.2. The first-order chi connectivity index (χ1) is 13.6. The quantitative estimate of drug-likeness (QED) is 0.362. The van der Waals surface area contributed by atoms with Gasteiger partial charge in [0.1, 0.15) is 0 Å². The normalized spacial score (nSPS) is 10.6. The molecule has 28 heavy (non-hydrogen) atoms. The van der Waals surface area contributed by atoms with Crippen molar-refractivity contribution in [3.8, 4) is 22.3 Å². The lowest BCUT2D eigenvalue weighted by molar-refractivity contribution is 0.103. The summed E-state index contributed by atoms with van der Waals surface area (Å²) in [6, 6.07) is 32.4. The Morgan fingerprint density at radius 1 is 0.571 bits per heavy atom. The summed E-state index contributed by atoms with van der Waals surface area (Å²) < 4.78 is 0. The molecule has 136 valence electrons. The average molecular weight is 362 g/mol. The molecule has 0 heterocycles. The van der Waals surface area contributed by atoms with Gasteiger partial charge in [-0.3, -0.25) is 4.79 Å². The van der Waals surface area contributed by atoms with E-state index in [1.54, 1.807) is 0 Å². The van der Waals surface area contributed by atoms with Crippen molar-refractivity contribution in [1.82, 2.24) is 0 Å². The van der Waals surface area contributed by atoms with Crippen molar-refractivity contribution in [3.63, 3.8) is 0 Å². The topological polar surface area (TPSA) is 17.1 Å². The average Bonchev–Trinajstić information content (AvgIpc) is 2.74. The van der Waals surface area contributed by atoms with Gasteiger partial charge in [-0.2, -0.15) is 0 Å². The highest BCUT2D eigenvalue weighted by molar-refractivity contribution is 6.13. The molecular weight excluding hydrogens is 340 g/mol. The monoisotopic (exact) mass is 362 g/mol. The number of benzene rings is 4. The molecule has 4 aromatic carbocycles. The van der Waals surface area contributed by atoms with Gasteiger partial charge in [-0.25, -0.2) is 0 Å². The summed E-state index contributed by atoms with van der Waals surface area (Å²) in [5, 5.41) is 0. The Kier molecular flexibility index (Phi) is 4.90. The Morgan fingerprint density at radius 2 is 1.11 bits per heavy atom. The molecule has 0 fully saturated rings. The third-order valence-electron chi connectivity index (χ3n) is 5.05. The van der Waals surface area contributed by atoms with Crippen molar-refractivity contribution in [2.45, 2.75) is 13.8 Å². The molecule has 0 aromatic heterocycles. The molecule has 1 nitrogen and oxygen atoms in total. The van der Waals surface area contributed by atoms with Crippen molar-refractivity contribution < 1.29 is 4.79 Å². The summed E-state index contributed by atoms with van der Waals surface area (Å²) >= 11 is 0. The highest BCUT2D eigenvalue weighted by Gasteiger charge is 2.16. The van der Waals surface area contributed by atoms with Gasteiger partial charge in [0.2, 0.25) is 0 Å². The molecular formula is C27H22O. The van der Waals surface area contributed by atoms with Crippen molar-refractivity contribution in [3.05, 3.63) is 119 Å². The van der Waals surface area contributed by atoms with Crippen molar-refractivity contribution >= 4 is 5.78 Å². The fraction of sp³-hybridized carbons (Fsp3) is 0.0741. The fourth-order valence-electron chi connectivity index (χ4n) is 3.38. The fourth-order valence-corrected chi connectivity index (χ4v) is 3.38. The predicted molar refractivity (Wildman–Crippen MR) is 117 cm³/mol. The molecule has 0 unspecified atom stereocenters. The van der Waals surface area contributed by atoms with Crippen LogP contribution in [0.1, 0.15) is 27.0 Å². The molecule has 0 atom stereocenters. The minimum absolute atomic E-state index is 0.0478. The Morgan fingerprint density at radius 3 is 1.71 bits per heavy atom. The van der Waals surface area contributed by atoms with Gasteiger partial charge in [0, 0.05) is 11.1 Å². The van der Waals surface area contributed by atoms with Crippen LogP contribution in [0.2, 0.25) is 0 Å². The molecule has 0 aliphatic heterocycles. The van der Waals surface area contributed by atoms with Gasteiger partial charge in [-0.15, -0.1) is 0 Å². The molecule has 0 amide bonds. The van der Waals surface area contributed by atoms with Crippen LogP contribution >= 0.6 is 0 Å². The van der Waals surface area contributed by atoms with E-state index in [-0.39, 0.29) is 5.78 Å². The van der Waals surface area contributed by atoms with E-state index in [1.165, 1.54) is 11.1 Å². The molecule has 0 N–H and O–H groups in total. The zero-order chi connectivity index (χ0) is 19.5. The first kappa shape index (κ1) is 17.9. The second-order valence-electron chi connectivity index (χ2n) is 7.19. The van der Waals surface area contributed by atoms with Crippen LogP contribution in [-0.4, -0.2) is 5.78 Å². The molecule has 0 aliphatic rings. The third-order valence-corrected chi connectivity index (χ3v) is 5.05. The summed E-state index contributed by atoms with van der Waals surface area (Å²) in [5.41, 5.74) is 8.15. The van der Waals surface area contributed by atoms with Crippen LogP contribution in [0.25, 0.3) is 22.3 Å². The Balaban J connectivity index is 1.87. The molecule has 4 rings (SSSR count). The Labute approximate surface area is 166 Å². The van der Waals surface area contributed by atoms with E-state index < -0.39 is 0 Å². The number of rotatable bonds is 4. The van der Waals surface area contributed by atoms with E-state index in [2.05, 4.69) is 68.4 Å². The van der Waals surface area contributed by atoms with Crippen LogP contribution in [0.15, 0.2) is 97.1 Å². The van der Waals surface area contributed by atoms with Gasteiger partial charge in [0.05, 0.1) is 0 Å². The molecule has 0 aliphatic carbocycles. The minimum atomic E-state index is 0.0478. The highest BCUT2D eigenvalue weighted by Crippen LogP contribution is 2.31. The molecule has 0 bridgehead atoms. The van der Waals surface area contributed by atoms with Crippen molar-refractivity contribution in [1.29, 1.82) is 0 Å². The maximum Gasteiger partial charge on any atom is 0.193 e. The summed E-state index contributed by atoms with van der Waals surface area (Å²) in [5.74, 6) is 0.0478. The molecule has 0 saturated heterocycles. The lowest BCUT2D eigenvalue weighted by atomic mass is 9.90. The molecule has 0 radical (unpaired) electrons. The molecule has 0 saturated carbocycles. The van der Waals surface area contributed by atoms with Gasteiger partial charge in [0.15, 0.2) is 5.78 Å². The number of hydrogen-bond donors (Lipinski definition) is 0. The third kappa shape index (κ3) is 3.65. The van der Waals surface area contributed by atoms with Crippen LogP contribution in [0.5, 0.6) is 0 Å². The lowest BCUT2D eigenvalue weighted by Crippen LogP contribution is -2.03. The maximum atomic E-state index is 13.2. The van der Waals surface area contributed by atoms with Crippen LogP contribution in [0.3, 0.4) is 0 Å². The van der Waals surface area contributed by atoms with Crippen LogP contribution in [0, 0.1) is 13.8 Å². The first-order valence-electron chi connectivity index (χ1n) is 9.50. The highest BCUT2D eigenvalue weighted by atomic mass is 16.1. The SMILES string of the molecule is Cc1ccc(-c2ccc(C(=O)c3ccccc3)c(-c3ccc(C)cc3)c2)cc1. The second-order valence-corrected chi connectivity index (χ2v) is 7.19. The van der Waals surface area contributed by atoms with Crippen LogP contribution in [0.4, 0.5) is 0 Å². The summed E-state index contributed by atoms with van der Waals surface area (Å²) in [7, 11) is 0. The second kappa shape index (κ2) is 7.66. The predicted octanol–water partition coefficient (Wildman–Crippen LogP) is 6.87. The maximum absolute atomic E-state index is 13.2. The number of aryl methyl sites for hydroxylation is 2. The Hall–Kier alpha value is -3.45. The summed E-state index contributed by atoms with van der Waals surface area (Å²) in [6.07, 6.45) is 0. The van der Waals surface area contributed by atoms with Gasteiger partial charge < -0.3 is 0 Å². The summed E-state index contributed by atoms with van der Waals surface area (Å²) in [6.45, 7) is 4.16. The van der Waals surface area contributed by atoms with E-state index >= 15 is 0 Å². The number of hydrogen-bond acceptors (Lipinski definition) is 1. The van der Waals surface area contributed by atoms with Gasteiger partial charge in [-0.1, -0.05) is 96.1 Å². The van der Waals surface area contributed by atoms with Crippen LogP contribution in [-0.2, 0) is 0 Å². The van der Waals surface area contributed by atoms with Crippen molar-refractivity contribution in [2.75, 3.05) is 0 Å². The van der Waals surface area contributed by atoms with Gasteiger partial charge in [0.25, 0.3) is 0 Å². The molecule has 4 aromatic rings. The van der Waals surface area contributed by atoms with E-state index in [4.69, 9.17) is 0 Å². The number of ketones is 1. The zero-order valence-electron chi connectivity index (χ0n) is 16.1. The zero-order valence-corrected chi connectivity index (χ0v) is 16.1. The standard InChI is InChI=1S/C27H22O/c1-19-8-12-21(13-9-19)24-16-17-25(27(28)23-6-4-3-5-7-23)26(18-24)22-14-10-20(2)11-15-22/h3-18H,1-2H3. The largest absolute Gasteiger partial charge is 0.289 e. The van der Waals surface area contributed by atoms with E-state index in [1.807, 2.05) is 42.5 Å². The van der Waals surface area contributed by atoms with E-state index in [0.29, 0.717) is 5.56 Å². The van der Waals surface area contributed by atoms with Gasteiger partial charge >= 0.3 is 0 Å². The minimum Gasteiger partial charge on any atom is -0.289 e. The molecule has 1 heteroatoms. The van der Waals surface area contributed by atoms with Crippen molar-refractivity contribution in [2.24, 2.45) is 0 Å². The number of carbonyl (C=O) groups excluding carboxylic acids is 1. The van der Waals surface area contributed by atoms with E-state index in [9.17, 15) is 4.79 Å².